The number of aliphatic hydroxyl groups excluding tert-OH is 3. The van der Waals surface area contributed by atoms with Gasteiger partial charge < -0.3 is 34.3 Å². The summed E-state index contributed by atoms with van der Waals surface area (Å²) in [6.07, 6.45) is 3.10. The topological polar surface area (TPSA) is 118 Å². The van der Waals surface area contributed by atoms with Crippen LogP contribution in [0.3, 0.4) is 0 Å². The molecule has 4 rings (SSSR count). The van der Waals surface area contributed by atoms with Crippen LogP contribution in [0.25, 0.3) is 6.08 Å². The molecule has 0 radical (unpaired) electrons. The van der Waals surface area contributed by atoms with Crippen LogP contribution in [-0.2, 0) is 14.3 Å². The minimum absolute atomic E-state index is 0.293. The Kier molecular flexibility index (Phi) is 8.67. The van der Waals surface area contributed by atoms with Crippen LogP contribution in [0, 0.1) is 5.92 Å². The van der Waals surface area contributed by atoms with Gasteiger partial charge in [0.05, 0.1) is 19.8 Å². The summed E-state index contributed by atoms with van der Waals surface area (Å²) in [5.41, 5.74) is 0.705. The summed E-state index contributed by atoms with van der Waals surface area (Å²) in [7, 11) is 1.47. The van der Waals surface area contributed by atoms with Crippen molar-refractivity contribution in [2.45, 2.75) is 75.8 Å². The maximum atomic E-state index is 12.4. The summed E-state index contributed by atoms with van der Waals surface area (Å²) >= 11 is 0. The average Bonchev–Trinajstić information content (AvgIpc) is 2.88. The van der Waals surface area contributed by atoms with Gasteiger partial charge in [0.2, 0.25) is 6.29 Å². The molecule has 3 fully saturated rings. The minimum atomic E-state index is -1.43. The number of nitrogens with zero attached hydrogens (tertiary/aromatic N) is 1. The monoisotopic (exact) mass is 491 g/mol. The fraction of sp³-hybridized carbons (Fsp3) is 0.654. The minimum Gasteiger partial charge on any atom is -0.493 e. The van der Waals surface area contributed by atoms with Gasteiger partial charge in [-0.15, -0.1) is 0 Å². The number of aliphatic hydroxyl groups is 3. The van der Waals surface area contributed by atoms with E-state index >= 15 is 0 Å². The molecule has 35 heavy (non-hydrogen) atoms. The van der Waals surface area contributed by atoms with Crippen LogP contribution < -0.4 is 9.47 Å². The van der Waals surface area contributed by atoms with Gasteiger partial charge in [0.25, 0.3) is 0 Å². The number of piperidine rings is 2. The number of hydrogen-bond acceptors (Lipinski definition) is 9. The second kappa shape index (κ2) is 11.7. The standard InChI is InChI=1S/C26H37NO8/c1-16-23(29)24(30)25(31)26(34-16)35-20-10-8-17(14-21(20)32-2)9-11-22(28)33-15-18-6-5-13-27-12-4-3-7-19(18)27/h8-11,14,16,18-19,23-26,29-31H,3-7,12-13,15H2,1-2H3/t16-,18+,19+,23-,24+,25+,26-/m0/s1. The van der Waals surface area contributed by atoms with E-state index in [1.54, 1.807) is 31.2 Å². The van der Waals surface area contributed by atoms with E-state index in [2.05, 4.69) is 4.90 Å². The molecule has 1 aromatic rings. The van der Waals surface area contributed by atoms with Gasteiger partial charge >= 0.3 is 5.97 Å². The summed E-state index contributed by atoms with van der Waals surface area (Å²) < 4.78 is 22.2. The second-order valence-corrected chi connectivity index (χ2v) is 9.67. The Bertz CT molecular complexity index is 890. The summed E-state index contributed by atoms with van der Waals surface area (Å²) in [6, 6.07) is 5.57. The largest absolute Gasteiger partial charge is 0.493 e. The first-order valence-electron chi connectivity index (χ1n) is 12.5. The molecular weight excluding hydrogens is 454 g/mol. The number of esters is 1. The van der Waals surface area contributed by atoms with Crippen molar-refractivity contribution in [1.82, 2.24) is 4.90 Å². The SMILES string of the molecule is COc1cc(C=CC(=O)OC[C@H]2CCCN3CCCC[C@H]23)ccc1O[C@@H]1O[C@@H](C)[C@H](O)[C@@H](O)[C@H]1O. The fourth-order valence-corrected chi connectivity index (χ4v) is 5.29. The van der Waals surface area contributed by atoms with Crippen LogP contribution in [0.4, 0.5) is 0 Å². The molecule has 1 aromatic carbocycles. The molecule has 3 aliphatic rings. The van der Waals surface area contributed by atoms with Crippen LogP contribution >= 0.6 is 0 Å². The van der Waals surface area contributed by atoms with Gasteiger partial charge in [0, 0.05) is 18.0 Å². The molecule has 7 atom stereocenters. The van der Waals surface area contributed by atoms with Crippen molar-refractivity contribution in [2.75, 3.05) is 26.8 Å². The molecule has 3 aliphatic heterocycles. The van der Waals surface area contributed by atoms with E-state index in [1.807, 2.05) is 0 Å². The lowest BCUT2D eigenvalue weighted by Crippen LogP contribution is -2.58. The lowest BCUT2D eigenvalue weighted by atomic mass is 9.84. The highest BCUT2D eigenvalue weighted by Gasteiger charge is 2.43. The third-order valence-corrected chi connectivity index (χ3v) is 7.32. The van der Waals surface area contributed by atoms with Crippen LogP contribution in [0.2, 0.25) is 0 Å². The molecule has 0 spiro atoms. The first-order chi connectivity index (χ1) is 16.9. The third-order valence-electron chi connectivity index (χ3n) is 7.32. The number of carbonyl (C=O) groups is 1. The molecule has 0 aromatic heterocycles. The van der Waals surface area contributed by atoms with Crippen molar-refractivity contribution in [3.05, 3.63) is 29.8 Å². The van der Waals surface area contributed by atoms with Gasteiger partial charge in [-0.2, -0.15) is 0 Å². The third kappa shape index (κ3) is 6.16. The zero-order chi connectivity index (χ0) is 24.9. The van der Waals surface area contributed by atoms with Crippen molar-refractivity contribution in [1.29, 1.82) is 0 Å². The first kappa shape index (κ1) is 25.9. The van der Waals surface area contributed by atoms with Crippen molar-refractivity contribution >= 4 is 12.0 Å². The number of methoxy groups -OCH3 is 1. The molecular formula is C26H37NO8. The highest BCUT2D eigenvalue weighted by atomic mass is 16.7. The molecule has 0 amide bonds. The summed E-state index contributed by atoms with van der Waals surface area (Å²) in [5, 5.41) is 30.0. The molecule has 3 saturated heterocycles. The Morgan fingerprint density at radius 3 is 2.69 bits per heavy atom. The van der Waals surface area contributed by atoms with E-state index in [-0.39, 0.29) is 5.97 Å². The predicted octanol–water partition coefficient (Wildman–Crippen LogP) is 1.72. The number of rotatable bonds is 7. The number of benzene rings is 1. The highest BCUT2D eigenvalue weighted by molar-refractivity contribution is 5.87. The summed E-state index contributed by atoms with van der Waals surface area (Å²) in [4.78, 5) is 14.9. The Morgan fingerprint density at radius 2 is 1.89 bits per heavy atom. The summed E-state index contributed by atoms with van der Waals surface area (Å²) in [6.45, 7) is 4.34. The maximum Gasteiger partial charge on any atom is 0.330 e. The maximum absolute atomic E-state index is 12.4. The zero-order valence-electron chi connectivity index (χ0n) is 20.4. The Hall–Kier alpha value is -2.17. The van der Waals surface area contributed by atoms with Gasteiger partial charge in [-0.3, -0.25) is 4.90 Å². The second-order valence-electron chi connectivity index (χ2n) is 9.67. The van der Waals surface area contributed by atoms with E-state index < -0.39 is 30.7 Å². The van der Waals surface area contributed by atoms with Crippen molar-refractivity contribution < 1.29 is 39.1 Å². The van der Waals surface area contributed by atoms with Gasteiger partial charge in [-0.05, 0) is 69.5 Å². The van der Waals surface area contributed by atoms with Crippen molar-refractivity contribution in [3.8, 4) is 11.5 Å². The van der Waals surface area contributed by atoms with Crippen LogP contribution in [0.5, 0.6) is 11.5 Å². The lowest BCUT2D eigenvalue weighted by Gasteiger charge is -2.44. The molecule has 0 aliphatic carbocycles. The Morgan fingerprint density at radius 1 is 1.09 bits per heavy atom. The highest BCUT2D eigenvalue weighted by Crippen LogP contribution is 2.33. The van der Waals surface area contributed by atoms with Crippen molar-refractivity contribution in [3.63, 3.8) is 0 Å². The molecule has 194 valence electrons. The normalized spacial score (nSPS) is 33.8. The van der Waals surface area contributed by atoms with E-state index in [0.29, 0.717) is 35.6 Å². The number of hydrogen-bond donors (Lipinski definition) is 3. The van der Waals surface area contributed by atoms with Crippen LogP contribution in [0.15, 0.2) is 24.3 Å². The molecule has 9 nitrogen and oxygen atoms in total. The molecule has 9 heteroatoms. The predicted molar refractivity (Wildman–Crippen MR) is 128 cm³/mol. The molecule has 3 heterocycles. The first-order valence-corrected chi connectivity index (χ1v) is 12.5. The molecule has 0 saturated carbocycles. The molecule has 0 bridgehead atoms. The zero-order valence-corrected chi connectivity index (χ0v) is 20.4. The fourth-order valence-electron chi connectivity index (χ4n) is 5.29. The van der Waals surface area contributed by atoms with E-state index in [4.69, 9.17) is 18.9 Å². The Labute approximate surface area is 206 Å². The Balaban J connectivity index is 1.33. The number of ether oxygens (including phenoxy) is 4. The van der Waals surface area contributed by atoms with Gasteiger partial charge in [0.1, 0.15) is 18.3 Å². The van der Waals surface area contributed by atoms with Gasteiger partial charge in [-0.25, -0.2) is 4.79 Å². The lowest BCUT2D eigenvalue weighted by molar-refractivity contribution is -0.268. The summed E-state index contributed by atoms with van der Waals surface area (Å²) in [5.74, 6) is 0.681. The van der Waals surface area contributed by atoms with Crippen LogP contribution in [-0.4, -0.2) is 89.7 Å². The van der Waals surface area contributed by atoms with E-state index in [9.17, 15) is 20.1 Å². The van der Waals surface area contributed by atoms with Gasteiger partial charge in [-0.1, -0.05) is 12.5 Å². The average molecular weight is 492 g/mol. The van der Waals surface area contributed by atoms with Crippen molar-refractivity contribution in [2.24, 2.45) is 5.92 Å². The number of fused-ring (bicyclic) bond motifs is 1. The molecule has 0 unspecified atom stereocenters. The van der Waals surface area contributed by atoms with Gasteiger partial charge in [0.15, 0.2) is 11.5 Å². The van der Waals surface area contributed by atoms with E-state index in [0.717, 1.165) is 25.9 Å². The van der Waals surface area contributed by atoms with Crippen LogP contribution in [0.1, 0.15) is 44.6 Å². The molecule has 3 N–H and O–H groups in total. The van der Waals surface area contributed by atoms with E-state index in [1.165, 1.54) is 32.4 Å². The smallest absolute Gasteiger partial charge is 0.330 e. The number of carbonyl (C=O) groups excluding carboxylic acids is 1. The quantitative estimate of drug-likeness (QED) is 0.387.